The van der Waals surface area contributed by atoms with Crippen LogP contribution in [0.5, 0.6) is 0 Å². The summed E-state index contributed by atoms with van der Waals surface area (Å²) < 4.78 is 0. The average molecular weight is 309 g/mol. The highest BCUT2D eigenvalue weighted by molar-refractivity contribution is 5.66. The first kappa shape index (κ1) is 16.8. The first-order valence-corrected chi connectivity index (χ1v) is 7.71. The molecular formula is C16H23NO5. The zero-order chi connectivity index (χ0) is 16.1. The SMILES string of the molecule is CCC(O)C#CC1CC2=C(NOCCCC(=O)O)CC2C1O. The number of aliphatic hydroxyl groups is 2. The lowest BCUT2D eigenvalue weighted by atomic mass is 9.83. The number of carbonyl (C=O) groups is 1. The normalized spacial score (nSPS) is 27.5. The van der Waals surface area contributed by atoms with Gasteiger partial charge in [0.05, 0.1) is 18.6 Å². The molecule has 0 amide bonds. The molecule has 6 nitrogen and oxygen atoms in total. The molecule has 0 spiro atoms. The molecule has 2 aliphatic carbocycles. The summed E-state index contributed by atoms with van der Waals surface area (Å²) in [7, 11) is 0. The third-order valence-electron chi connectivity index (χ3n) is 4.18. The van der Waals surface area contributed by atoms with E-state index < -0.39 is 18.2 Å². The molecule has 122 valence electrons. The zero-order valence-corrected chi connectivity index (χ0v) is 12.7. The molecular weight excluding hydrogens is 286 g/mol. The molecule has 0 aromatic heterocycles. The summed E-state index contributed by atoms with van der Waals surface area (Å²) in [6.45, 7) is 2.20. The van der Waals surface area contributed by atoms with Crippen molar-refractivity contribution in [3.8, 4) is 11.8 Å². The fraction of sp³-hybridized carbons (Fsp3) is 0.688. The van der Waals surface area contributed by atoms with Crippen molar-refractivity contribution < 1.29 is 25.0 Å². The van der Waals surface area contributed by atoms with Crippen LogP contribution in [0.1, 0.15) is 39.0 Å². The molecule has 0 aliphatic heterocycles. The molecule has 2 rings (SSSR count). The smallest absolute Gasteiger partial charge is 0.303 e. The van der Waals surface area contributed by atoms with Gasteiger partial charge in [0.15, 0.2) is 0 Å². The first-order valence-electron chi connectivity index (χ1n) is 7.71. The zero-order valence-electron chi connectivity index (χ0n) is 12.7. The van der Waals surface area contributed by atoms with E-state index in [2.05, 4.69) is 17.3 Å². The Labute approximate surface area is 130 Å². The summed E-state index contributed by atoms with van der Waals surface area (Å²) in [5.74, 6) is 4.92. The summed E-state index contributed by atoms with van der Waals surface area (Å²) in [6, 6.07) is 0. The first-order chi connectivity index (χ1) is 10.5. The number of rotatable bonds is 7. The Hall–Kier alpha value is -1.55. The fourth-order valence-electron chi connectivity index (χ4n) is 2.79. The molecule has 0 heterocycles. The largest absolute Gasteiger partial charge is 0.481 e. The molecule has 4 N–H and O–H groups in total. The summed E-state index contributed by atoms with van der Waals surface area (Å²) >= 11 is 0. The van der Waals surface area contributed by atoms with Gasteiger partial charge in [-0.3, -0.25) is 15.1 Å². The van der Waals surface area contributed by atoms with E-state index in [1.54, 1.807) is 0 Å². The molecule has 0 radical (unpaired) electrons. The lowest BCUT2D eigenvalue weighted by molar-refractivity contribution is -0.137. The van der Waals surface area contributed by atoms with Crippen LogP contribution >= 0.6 is 0 Å². The van der Waals surface area contributed by atoms with Gasteiger partial charge < -0.3 is 15.3 Å². The number of carboxylic acids is 1. The molecule has 1 saturated carbocycles. The van der Waals surface area contributed by atoms with Gasteiger partial charge >= 0.3 is 5.97 Å². The number of allylic oxidation sites excluding steroid dienone is 1. The van der Waals surface area contributed by atoms with Gasteiger partial charge in [-0.05, 0) is 31.3 Å². The third kappa shape index (κ3) is 4.01. The predicted octanol–water partition coefficient (Wildman–Crippen LogP) is 0.801. The number of carboxylic acid groups (broad SMARTS) is 1. The van der Waals surface area contributed by atoms with Crippen molar-refractivity contribution in [3.05, 3.63) is 11.3 Å². The van der Waals surface area contributed by atoms with Crippen molar-refractivity contribution in [2.45, 2.75) is 51.2 Å². The van der Waals surface area contributed by atoms with Crippen LogP contribution in [-0.2, 0) is 9.63 Å². The topological polar surface area (TPSA) is 99.0 Å². The number of aliphatic carboxylic acids is 1. The summed E-state index contributed by atoms with van der Waals surface area (Å²) in [5.41, 5.74) is 4.97. The summed E-state index contributed by atoms with van der Waals surface area (Å²) in [4.78, 5) is 15.6. The monoisotopic (exact) mass is 309 g/mol. The Morgan fingerprint density at radius 2 is 2.27 bits per heavy atom. The molecule has 0 saturated heterocycles. The molecule has 4 atom stereocenters. The number of aliphatic hydroxyl groups excluding tert-OH is 2. The standard InChI is InChI=1S/C16H23NO5/c1-2-11(18)6-5-10-8-12-13(16(10)21)9-14(12)17-22-7-3-4-15(19)20/h10-11,13,16-18,21H,2-4,7-9H2,1H3,(H,19,20). The Morgan fingerprint density at radius 1 is 1.50 bits per heavy atom. The fourth-order valence-corrected chi connectivity index (χ4v) is 2.79. The second kappa shape index (κ2) is 7.63. The Morgan fingerprint density at radius 3 is 2.95 bits per heavy atom. The van der Waals surface area contributed by atoms with E-state index in [9.17, 15) is 15.0 Å². The van der Waals surface area contributed by atoms with Gasteiger partial charge in [0.1, 0.15) is 6.10 Å². The van der Waals surface area contributed by atoms with E-state index in [-0.39, 0.29) is 18.3 Å². The lowest BCUT2D eigenvalue weighted by Gasteiger charge is -2.30. The van der Waals surface area contributed by atoms with Crippen LogP contribution in [0, 0.1) is 23.7 Å². The van der Waals surface area contributed by atoms with Crippen molar-refractivity contribution in [2.75, 3.05) is 6.61 Å². The van der Waals surface area contributed by atoms with E-state index in [4.69, 9.17) is 9.94 Å². The Balaban J connectivity index is 1.79. The van der Waals surface area contributed by atoms with E-state index in [1.165, 1.54) is 0 Å². The van der Waals surface area contributed by atoms with Crippen LogP contribution in [0.15, 0.2) is 11.3 Å². The van der Waals surface area contributed by atoms with Crippen molar-refractivity contribution in [1.29, 1.82) is 0 Å². The van der Waals surface area contributed by atoms with Crippen LogP contribution in [0.3, 0.4) is 0 Å². The van der Waals surface area contributed by atoms with Crippen molar-refractivity contribution >= 4 is 5.97 Å². The van der Waals surface area contributed by atoms with Gasteiger partial charge in [-0.25, -0.2) is 0 Å². The predicted molar refractivity (Wildman–Crippen MR) is 79.3 cm³/mol. The van der Waals surface area contributed by atoms with Gasteiger partial charge in [-0.1, -0.05) is 18.8 Å². The molecule has 4 unspecified atom stereocenters. The van der Waals surface area contributed by atoms with Crippen LogP contribution in [0.2, 0.25) is 0 Å². The molecule has 2 aliphatic rings. The van der Waals surface area contributed by atoms with Crippen LogP contribution in [0.25, 0.3) is 0 Å². The second-order valence-corrected chi connectivity index (χ2v) is 5.78. The van der Waals surface area contributed by atoms with Gasteiger partial charge in [0.2, 0.25) is 0 Å². The molecule has 22 heavy (non-hydrogen) atoms. The number of hydrogen-bond acceptors (Lipinski definition) is 5. The van der Waals surface area contributed by atoms with Gasteiger partial charge in [0.25, 0.3) is 0 Å². The highest BCUT2D eigenvalue weighted by atomic mass is 16.6. The number of hydroxylamine groups is 1. The molecule has 6 heteroatoms. The summed E-state index contributed by atoms with van der Waals surface area (Å²) in [6.07, 6.45) is 1.43. The quantitative estimate of drug-likeness (QED) is 0.315. The molecule has 0 aromatic rings. The number of nitrogens with one attached hydrogen (secondary N) is 1. The minimum atomic E-state index is -0.830. The molecule has 1 fully saturated rings. The van der Waals surface area contributed by atoms with Crippen LogP contribution in [-0.4, -0.2) is 40.1 Å². The minimum absolute atomic E-state index is 0.0896. The number of fused-ring (bicyclic) bond motifs is 1. The third-order valence-corrected chi connectivity index (χ3v) is 4.18. The Bertz CT molecular complexity index is 504. The highest BCUT2D eigenvalue weighted by Gasteiger charge is 2.45. The van der Waals surface area contributed by atoms with Crippen LogP contribution in [0.4, 0.5) is 0 Å². The lowest BCUT2D eigenvalue weighted by Crippen LogP contribution is -2.32. The maximum Gasteiger partial charge on any atom is 0.303 e. The van der Waals surface area contributed by atoms with Gasteiger partial charge in [0, 0.05) is 18.0 Å². The van der Waals surface area contributed by atoms with E-state index in [0.717, 1.165) is 17.7 Å². The van der Waals surface area contributed by atoms with Gasteiger partial charge in [-0.15, -0.1) is 0 Å². The number of hydrogen-bond donors (Lipinski definition) is 4. The minimum Gasteiger partial charge on any atom is -0.481 e. The van der Waals surface area contributed by atoms with Crippen molar-refractivity contribution in [2.24, 2.45) is 11.8 Å². The second-order valence-electron chi connectivity index (χ2n) is 5.78. The summed E-state index contributed by atoms with van der Waals surface area (Å²) in [5, 5.41) is 28.2. The molecule has 0 bridgehead atoms. The average Bonchev–Trinajstić information content (AvgIpc) is 2.71. The van der Waals surface area contributed by atoms with Crippen molar-refractivity contribution in [3.63, 3.8) is 0 Å². The Kier molecular flexibility index (Phi) is 5.83. The van der Waals surface area contributed by atoms with E-state index >= 15 is 0 Å². The maximum atomic E-state index is 10.4. The highest BCUT2D eigenvalue weighted by Crippen LogP contribution is 2.48. The van der Waals surface area contributed by atoms with E-state index in [0.29, 0.717) is 25.9 Å². The van der Waals surface area contributed by atoms with Crippen LogP contribution < -0.4 is 5.48 Å². The van der Waals surface area contributed by atoms with E-state index in [1.807, 2.05) is 6.92 Å². The van der Waals surface area contributed by atoms with Crippen molar-refractivity contribution in [1.82, 2.24) is 5.48 Å². The molecule has 0 aromatic carbocycles. The maximum absolute atomic E-state index is 10.4. The van der Waals surface area contributed by atoms with Gasteiger partial charge in [-0.2, -0.15) is 0 Å².